The van der Waals surface area contributed by atoms with Crippen molar-refractivity contribution in [3.63, 3.8) is 0 Å². The molecule has 0 aliphatic carbocycles. The van der Waals surface area contributed by atoms with Crippen LogP contribution in [0, 0.1) is 11.3 Å². The predicted molar refractivity (Wildman–Crippen MR) is 95.2 cm³/mol. The normalized spacial score (nSPS) is 10.6. The summed E-state index contributed by atoms with van der Waals surface area (Å²) >= 11 is 0. The summed E-state index contributed by atoms with van der Waals surface area (Å²) in [5.74, 6) is -0.922. The molecule has 0 aromatic heterocycles. The number of nitriles is 1. The maximum Gasteiger partial charge on any atom is 0.335 e. The van der Waals surface area contributed by atoms with Gasteiger partial charge in [0.25, 0.3) is 5.91 Å². The molecule has 0 spiro atoms. The van der Waals surface area contributed by atoms with Crippen LogP contribution in [-0.4, -0.2) is 31.2 Å². The van der Waals surface area contributed by atoms with E-state index in [4.69, 9.17) is 14.6 Å². The zero-order chi connectivity index (χ0) is 19.1. The van der Waals surface area contributed by atoms with Gasteiger partial charge in [0.05, 0.1) is 19.8 Å². The third-order valence-electron chi connectivity index (χ3n) is 3.47. The van der Waals surface area contributed by atoms with Crippen LogP contribution in [0.4, 0.5) is 5.69 Å². The first-order valence-electron chi connectivity index (χ1n) is 7.47. The van der Waals surface area contributed by atoms with E-state index >= 15 is 0 Å². The molecule has 0 radical (unpaired) electrons. The second-order valence-corrected chi connectivity index (χ2v) is 5.09. The summed E-state index contributed by atoms with van der Waals surface area (Å²) in [6, 6.07) is 12.7. The Morgan fingerprint density at radius 1 is 1.15 bits per heavy atom. The van der Waals surface area contributed by atoms with E-state index in [1.807, 2.05) is 6.07 Å². The Labute approximate surface area is 150 Å². The van der Waals surface area contributed by atoms with Crippen molar-refractivity contribution >= 4 is 23.6 Å². The number of benzene rings is 2. The minimum Gasteiger partial charge on any atom is -0.493 e. The van der Waals surface area contributed by atoms with Crippen LogP contribution in [0.5, 0.6) is 11.5 Å². The van der Waals surface area contributed by atoms with E-state index < -0.39 is 11.9 Å². The molecule has 0 atom stereocenters. The third kappa shape index (κ3) is 4.19. The first-order chi connectivity index (χ1) is 12.5. The Bertz CT molecular complexity index is 912. The van der Waals surface area contributed by atoms with Crippen molar-refractivity contribution in [2.45, 2.75) is 0 Å². The van der Waals surface area contributed by atoms with E-state index in [9.17, 15) is 14.9 Å². The van der Waals surface area contributed by atoms with Gasteiger partial charge < -0.3 is 19.9 Å². The van der Waals surface area contributed by atoms with Gasteiger partial charge in [0, 0.05) is 11.3 Å². The van der Waals surface area contributed by atoms with Crippen molar-refractivity contribution in [2.75, 3.05) is 19.5 Å². The molecule has 0 fully saturated rings. The van der Waals surface area contributed by atoms with Gasteiger partial charge in [-0.05, 0) is 30.3 Å². The van der Waals surface area contributed by atoms with Gasteiger partial charge in [-0.15, -0.1) is 0 Å². The number of nitrogens with zero attached hydrogens (tertiary/aromatic N) is 1. The molecule has 132 valence electrons. The van der Waals surface area contributed by atoms with Crippen molar-refractivity contribution in [3.05, 3.63) is 59.2 Å². The lowest BCUT2D eigenvalue weighted by Gasteiger charge is -2.10. The van der Waals surface area contributed by atoms with Gasteiger partial charge in [0.1, 0.15) is 11.6 Å². The number of anilines is 1. The van der Waals surface area contributed by atoms with Crippen molar-refractivity contribution in [1.82, 2.24) is 0 Å². The van der Waals surface area contributed by atoms with Crippen LogP contribution in [0.15, 0.2) is 48.0 Å². The first kappa shape index (κ1) is 18.5. The molecule has 2 aromatic carbocycles. The second kappa shape index (κ2) is 8.35. The maximum absolute atomic E-state index is 12.4. The van der Waals surface area contributed by atoms with Crippen LogP contribution in [0.1, 0.15) is 15.9 Å². The summed E-state index contributed by atoms with van der Waals surface area (Å²) in [6.45, 7) is 0. The molecule has 0 aliphatic rings. The van der Waals surface area contributed by atoms with E-state index in [1.165, 1.54) is 44.6 Å². The highest BCUT2D eigenvalue weighted by atomic mass is 16.5. The monoisotopic (exact) mass is 352 g/mol. The second-order valence-electron chi connectivity index (χ2n) is 5.09. The molecule has 1 amide bonds. The number of carboxylic acid groups (broad SMARTS) is 1. The first-order valence-corrected chi connectivity index (χ1v) is 7.47. The molecule has 0 bridgehead atoms. The Morgan fingerprint density at radius 3 is 2.50 bits per heavy atom. The zero-order valence-corrected chi connectivity index (χ0v) is 14.1. The van der Waals surface area contributed by atoms with Crippen LogP contribution in [0.25, 0.3) is 6.08 Å². The number of aromatic carboxylic acids is 1. The van der Waals surface area contributed by atoms with Gasteiger partial charge >= 0.3 is 5.97 Å². The molecule has 2 rings (SSSR count). The molecule has 7 heteroatoms. The highest BCUT2D eigenvalue weighted by molar-refractivity contribution is 6.10. The number of methoxy groups -OCH3 is 2. The molecule has 0 heterocycles. The van der Waals surface area contributed by atoms with Crippen LogP contribution < -0.4 is 14.8 Å². The number of ether oxygens (including phenoxy) is 2. The number of amides is 1. The van der Waals surface area contributed by atoms with E-state index in [1.54, 1.807) is 18.2 Å². The number of hydrogen-bond donors (Lipinski definition) is 2. The lowest BCUT2D eigenvalue weighted by atomic mass is 10.1. The van der Waals surface area contributed by atoms with Gasteiger partial charge in [0.2, 0.25) is 0 Å². The summed E-state index contributed by atoms with van der Waals surface area (Å²) < 4.78 is 10.5. The Morgan fingerprint density at radius 2 is 1.88 bits per heavy atom. The Hall–Kier alpha value is -3.79. The molecular formula is C19H16N2O5. The number of hydrogen-bond acceptors (Lipinski definition) is 5. The third-order valence-corrected chi connectivity index (χ3v) is 3.47. The van der Waals surface area contributed by atoms with E-state index in [-0.39, 0.29) is 16.8 Å². The average Bonchev–Trinajstić information content (AvgIpc) is 2.65. The fourth-order valence-electron chi connectivity index (χ4n) is 2.26. The average molecular weight is 352 g/mol. The number of para-hydroxylation sites is 1. The number of carbonyl (C=O) groups is 2. The molecule has 0 unspecified atom stereocenters. The number of carbonyl (C=O) groups excluding carboxylic acids is 1. The maximum atomic E-state index is 12.4. The standard InChI is InChI=1S/C19H16N2O5/c1-25-16-8-4-5-12(17(16)26-2)9-14(11-20)18(22)21-15-7-3-6-13(10-15)19(23)24/h3-10H,1-2H3,(H,21,22)(H,23,24)/b14-9-. The zero-order valence-electron chi connectivity index (χ0n) is 14.1. The summed E-state index contributed by atoms with van der Waals surface area (Å²) in [5, 5.41) is 20.8. The Balaban J connectivity index is 2.33. The smallest absolute Gasteiger partial charge is 0.335 e. The molecular weight excluding hydrogens is 336 g/mol. The molecule has 0 aliphatic heterocycles. The molecule has 0 saturated heterocycles. The van der Waals surface area contributed by atoms with Crippen molar-refractivity contribution in [1.29, 1.82) is 5.26 Å². The molecule has 26 heavy (non-hydrogen) atoms. The van der Waals surface area contributed by atoms with Crippen LogP contribution >= 0.6 is 0 Å². The van der Waals surface area contributed by atoms with Gasteiger partial charge in [-0.1, -0.05) is 18.2 Å². The predicted octanol–water partition coefficient (Wildman–Crippen LogP) is 2.95. The van der Waals surface area contributed by atoms with Crippen LogP contribution in [-0.2, 0) is 4.79 Å². The molecule has 2 aromatic rings. The highest BCUT2D eigenvalue weighted by Crippen LogP contribution is 2.32. The van der Waals surface area contributed by atoms with Crippen LogP contribution in [0.3, 0.4) is 0 Å². The van der Waals surface area contributed by atoms with E-state index in [0.717, 1.165) is 0 Å². The summed E-state index contributed by atoms with van der Waals surface area (Å²) in [7, 11) is 2.94. The van der Waals surface area contributed by atoms with E-state index in [0.29, 0.717) is 17.1 Å². The van der Waals surface area contributed by atoms with Crippen molar-refractivity contribution in [2.24, 2.45) is 0 Å². The van der Waals surface area contributed by atoms with Crippen molar-refractivity contribution in [3.8, 4) is 17.6 Å². The van der Waals surface area contributed by atoms with Gasteiger partial charge in [-0.3, -0.25) is 4.79 Å². The van der Waals surface area contributed by atoms with Crippen LogP contribution in [0.2, 0.25) is 0 Å². The van der Waals surface area contributed by atoms with E-state index in [2.05, 4.69) is 5.32 Å². The van der Waals surface area contributed by atoms with Gasteiger partial charge in [-0.2, -0.15) is 5.26 Å². The number of carboxylic acids is 1. The quantitative estimate of drug-likeness (QED) is 0.611. The topological polar surface area (TPSA) is 109 Å². The minimum atomic E-state index is -1.11. The van der Waals surface area contributed by atoms with Gasteiger partial charge in [0.15, 0.2) is 11.5 Å². The molecule has 0 saturated carbocycles. The molecule has 7 nitrogen and oxygen atoms in total. The molecule has 2 N–H and O–H groups in total. The fraction of sp³-hybridized carbons (Fsp3) is 0.105. The SMILES string of the molecule is COc1cccc(/C=C(/C#N)C(=O)Nc2cccc(C(=O)O)c2)c1OC. The summed E-state index contributed by atoms with van der Waals surface area (Å²) in [5.41, 5.74) is 0.628. The highest BCUT2D eigenvalue weighted by Gasteiger charge is 2.14. The lowest BCUT2D eigenvalue weighted by Crippen LogP contribution is -2.14. The lowest BCUT2D eigenvalue weighted by molar-refractivity contribution is -0.112. The largest absolute Gasteiger partial charge is 0.493 e. The summed E-state index contributed by atoms with van der Waals surface area (Å²) in [4.78, 5) is 23.4. The number of nitrogens with one attached hydrogen (secondary N) is 1. The fourth-order valence-corrected chi connectivity index (χ4v) is 2.26. The minimum absolute atomic E-state index is 0.0275. The van der Waals surface area contributed by atoms with Gasteiger partial charge in [-0.25, -0.2) is 4.79 Å². The Kier molecular flexibility index (Phi) is 5.96. The summed E-state index contributed by atoms with van der Waals surface area (Å²) in [6.07, 6.45) is 1.37. The number of rotatable bonds is 6. The van der Waals surface area contributed by atoms with Crippen molar-refractivity contribution < 1.29 is 24.2 Å².